The van der Waals surface area contributed by atoms with Gasteiger partial charge >= 0.3 is 0 Å². The molecule has 0 radical (unpaired) electrons. The third-order valence-electron chi connectivity index (χ3n) is 12.4. The zero-order chi connectivity index (χ0) is 47.4. The summed E-state index contributed by atoms with van der Waals surface area (Å²) in [6.07, 6.45) is -4.00. The van der Waals surface area contributed by atoms with Crippen LogP contribution in [0.5, 0.6) is 0 Å². The first-order chi connectivity index (χ1) is 34.7. The second-order valence-electron chi connectivity index (χ2n) is 17.5. The summed E-state index contributed by atoms with van der Waals surface area (Å²) in [5.41, 5.74) is 5.80. The van der Waals surface area contributed by atoms with Crippen molar-refractivity contribution in [2.24, 2.45) is 0 Å². The van der Waals surface area contributed by atoms with E-state index in [-0.39, 0.29) is 13.2 Å². The van der Waals surface area contributed by atoms with Crippen LogP contribution in [0.3, 0.4) is 0 Å². The third-order valence-corrected chi connectivity index (χ3v) is 13.5. The van der Waals surface area contributed by atoms with Crippen LogP contribution in [-0.4, -0.2) is 67.7 Å². The molecule has 70 heavy (non-hydrogen) atoms. The van der Waals surface area contributed by atoms with E-state index in [2.05, 4.69) is 84.9 Å². The van der Waals surface area contributed by atoms with Crippen LogP contribution < -0.4 is 0 Å². The molecule has 10 heteroatoms. The van der Waals surface area contributed by atoms with E-state index in [9.17, 15) is 0 Å². The van der Waals surface area contributed by atoms with Gasteiger partial charge in [0.1, 0.15) is 42.1 Å². The SMILES string of the molecule is c1ccc(COCC2O[C@H](OCC3O[C@@H](Sc4ccccc4)C(OCc4ccccc4)C(OCc4ccccc4)[C@@H]3OCc3ccccc3)C[C@@H](OCc3ccccc3)[C@H]2OCc2ccccc2)cc1. The van der Waals surface area contributed by atoms with Gasteiger partial charge in [-0.3, -0.25) is 0 Å². The van der Waals surface area contributed by atoms with Crippen molar-refractivity contribution in [3.05, 3.63) is 246 Å². The summed E-state index contributed by atoms with van der Waals surface area (Å²) in [6, 6.07) is 71.4. The molecule has 0 N–H and O–H groups in total. The molecule has 0 aromatic heterocycles. The molecule has 9 atom stereocenters. The lowest BCUT2D eigenvalue weighted by atomic mass is 9.98. The first-order valence-electron chi connectivity index (χ1n) is 24.2. The molecule has 2 aliphatic rings. The van der Waals surface area contributed by atoms with Crippen LogP contribution in [-0.2, 0) is 82.3 Å². The quantitative estimate of drug-likeness (QED) is 0.0584. The van der Waals surface area contributed by atoms with Gasteiger partial charge in [0.15, 0.2) is 6.29 Å². The lowest BCUT2D eigenvalue weighted by molar-refractivity contribution is -0.297. The van der Waals surface area contributed by atoms with E-state index in [0.717, 1.165) is 38.3 Å². The van der Waals surface area contributed by atoms with Gasteiger partial charge in [0.2, 0.25) is 0 Å². The van der Waals surface area contributed by atoms with Crippen LogP contribution in [0.2, 0.25) is 0 Å². The number of thioether (sulfide) groups is 1. The second-order valence-corrected chi connectivity index (χ2v) is 18.7. The van der Waals surface area contributed by atoms with Crippen LogP contribution >= 0.6 is 11.8 Å². The maximum Gasteiger partial charge on any atom is 0.160 e. The molecule has 2 aliphatic heterocycles. The normalized spacial score (nSPS) is 23.5. The van der Waals surface area contributed by atoms with Crippen molar-refractivity contribution in [2.45, 2.75) is 105 Å². The first-order valence-corrected chi connectivity index (χ1v) is 25.1. The first kappa shape index (κ1) is 49.5. The highest BCUT2D eigenvalue weighted by Crippen LogP contribution is 2.39. The van der Waals surface area contributed by atoms with Crippen molar-refractivity contribution in [3.8, 4) is 0 Å². The Hall–Kier alpha value is -5.47. The topological polar surface area (TPSA) is 83.1 Å². The largest absolute Gasteiger partial charge is 0.374 e. The highest BCUT2D eigenvalue weighted by molar-refractivity contribution is 7.99. The molecule has 0 spiro atoms. The van der Waals surface area contributed by atoms with Gasteiger partial charge in [0, 0.05) is 11.3 Å². The highest BCUT2D eigenvalue weighted by atomic mass is 32.2. The fraction of sp³-hybridized carbons (Fsp3) is 0.300. The summed E-state index contributed by atoms with van der Waals surface area (Å²) in [7, 11) is 0. The molecular formula is C60H62O9S. The van der Waals surface area contributed by atoms with Gasteiger partial charge in [-0.05, 0) is 45.5 Å². The molecule has 0 amide bonds. The molecule has 2 saturated heterocycles. The van der Waals surface area contributed by atoms with Gasteiger partial charge in [-0.25, -0.2) is 0 Å². The second kappa shape index (κ2) is 26.7. The van der Waals surface area contributed by atoms with Crippen molar-refractivity contribution >= 4 is 11.8 Å². The van der Waals surface area contributed by atoms with Crippen LogP contribution in [0.1, 0.15) is 39.8 Å². The maximum atomic E-state index is 7.22. The molecule has 0 bridgehead atoms. The average Bonchev–Trinajstić information content (AvgIpc) is 3.42. The smallest absolute Gasteiger partial charge is 0.160 e. The summed E-state index contributed by atoms with van der Waals surface area (Å²) < 4.78 is 62.1. The van der Waals surface area contributed by atoms with E-state index in [1.54, 1.807) is 11.8 Å². The number of benzene rings is 7. The van der Waals surface area contributed by atoms with Crippen molar-refractivity contribution in [1.82, 2.24) is 0 Å². The molecule has 9 rings (SSSR count). The van der Waals surface area contributed by atoms with Crippen LogP contribution in [0.4, 0.5) is 0 Å². The molecule has 4 unspecified atom stereocenters. The van der Waals surface area contributed by atoms with Gasteiger partial charge in [-0.2, -0.15) is 0 Å². The Morgan fingerprint density at radius 3 is 1.19 bits per heavy atom. The monoisotopic (exact) mass is 958 g/mol. The number of ether oxygens (including phenoxy) is 9. The molecule has 7 aromatic carbocycles. The van der Waals surface area contributed by atoms with Crippen molar-refractivity contribution in [1.29, 1.82) is 0 Å². The Morgan fingerprint density at radius 1 is 0.343 bits per heavy atom. The van der Waals surface area contributed by atoms with Crippen LogP contribution in [0.15, 0.2) is 217 Å². The lowest BCUT2D eigenvalue weighted by Crippen LogP contribution is -2.61. The Morgan fingerprint density at radius 2 is 0.714 bits per heavy atom. The molecule has 0 aliphatic carbocycles. The molecule has 0 saturated carbocycles. The summed E-state index contributed by atoms with van der Waals surface area (Å²) in [5.74, 6) is 0. The minimum absolute atomic E-state index is 0.130. The highest BCUT2D eigenvalue weighted by Gasteiger charge is 2.50. The average molecular weight is 959 g/mol. The molecule has 7 aromatic rings. The molecule has 2 heterocycles. The maximum absolute atomic E-state index is 7.22. The Kier molecular flexibility index (Phi) is 18.9. The number of hydrogen-bond donors (Lipinski definition) is 0. The third kappa shape index (κ3) is 14.8. The Bertz CT molecular complexity index is 2490. The number of rotatable bonds is 24. The van der Waals surface area contributed by atoms with E-state index in [1.165, 1.54) is 0 Å². The van der Waals surface area contributed by atoms with Crippen LogP contribution in [0.25, 0.3) is 0 Å². The minimum atomic E-state index is -0.697. The van der Waals surface area contributed by atoms with Crippen LogP contribution in [0, 0.1) is 0 Å². The van der Waals surface area contributed by atoms with E-state index >= 15 is 0 Å². The fourth-order valence-electron chi connectivity index (χ4n) is 8.73. The fourth-order valence-corrected chi connectivity index (χ4v) is 9.88. The van der Waals surface area contributed by atoms with Gasteiger partial charge in [-0.1, -0.05) is 212 Å². The molecular weight excluding hydrogens is 897 g/mol. The minimum Gasteiger partial charge on any atom is -0.374 e. The van der Waals surface area contributed by atoms with Gasteiger partial charge in [-0.15, -0.1) is 0 Å². The summed E-state index contributed by atoms with van der Waals surface area (Å²) in [4.78, 5) is 1.04. The Balaban J connectivity index is 1.01. The van der Waals surface area contributed by atoms with E-state index in [4.69, 9.17) is 42.6 Å². The Labute approximate surface area is 416 Å². The predicted molar refractivity (Wildman–Crippen MR) is 271 cm³/mol. The summed E-state index contributed by atoms with van der Waals surface area (Å²) >= 11 is 1.61. The van der Waals surface area contributed by atoms with Gasteiger partial charge < -0.3 is 42.6 Å². The van der Waals surface area contributed by atoms with E-state index < -0.39 is 54.5 Å². The number of hydrogen-bond acceptors (Lipinski definition) is 10. The van der Waals surface area contributed by atoms with Gasteiger partial charge in [0.25, 0.3) is 0 Å². The van der Waals surface area contributed by atoms with Crippen molar-refractivity contribution < 1.29 is 42.6 Å². The zero-order valence-corrected chi connectivity index (χ0v) is 40.2. The summed E-state index contributed by atoms with van der Waals surface area (Å²) in [6.45, 7) is 2.62. The van der Waals surface area contributed by atoms with Crippen molar-refractivity contribution in [3.63, 3.8) is 0 Å². The standard InChI is InChI=1S/C60H62O9S/c1-8-22-45(23-9-1)37-61-43-53-56(64-39-47-26-12-3-13-27-47)52(62-38-46-24-10-2-11-25-46)36-55(68-53)63-44-54-57(65-40-48-28-14-4-15-29-48)58(66-41-49-30-16-5-17-31-49)59(67-42-50-32-18-6-19-33-50)60(69-54)70-51-34-20-7-21-35-51/h1-35,52-60H,36-44H2/t52-,53?,54?,55+,56-,57-,58?,59?,60+/m1/s1. The molecule has 2 fully saturated rings. The van der Waals surface area contributed by atoms with Gasteiger partial charge in [0.05, 0.1) is 59.0 Å². The van der Waals surface area contributed by atoms with E-state index in [0.29, 0.717) is 46.1 Å². The zero-order valence-electron chi connectivity index (χ0n) is 39.3. The van der Waals surface area contributed by atoms with E-state index in [1.807, 2.05) is 127 Å². The summed E-state index contributed by atoms with van der Waals surface area (Å²) in [5, 5.41) is 0. The lowest BCUT2D eigenvalue weighted by Gasteiger charge is -2.46. The molecule has 9 nitrogen and oxygen atoms in total. The predicted octanol–water partition coefficient (Wildman–Crippen LogP) is 11.8. The molecule has 362 valence electrons. The van der Waals surface area contributed by atoms with Crippen molar-refractivity contribution in [2.75, 3.05) is 13.2 Å².